The molecule has 0 heterocycles. The Hall–Kier alpha value is -1.60. The summed E-state index contributed by atoms with van der Waals surface area (Å²) in [5.41, 5.74) is 1.73. The molecule has 25 heavy (non-hydrogen) atoms. The molecule has 0 radical (unpaired) electrons. The molecule has 6 nitrogen and oxygen atoms in total. The molecule has 1 rings (SSSR count). The largest absolute Gasteiger partial charge is 0.357 e. The Morgan fingerprint density at radius 3 is 2.16 bits per heavy atom. The molecule has 0 saturated carbocycles. The third-order valence-electron chi connectivity index (χ3n) is 3.05. The topological polar surface area (TPSA) is 82.6 Å². The van der Waals surface area contributed by atoms with Crippen molar-refractivity contribution in [3.63, 3.8) is 0 Å². The van der Waals surface area contributed by atoms with E-state index in [1.165, 1.54) is 0 Å². The maximum Gasteiger partial charge on any atom is 0.216 e. The van der Waals surface area contributed by atoms with Crippen molar-refractivity contribution in [3.05, 3.63) is 35.4 Å². The molecule has 0 amide bonds. The lowest BCUT2D eigenvalue weighted by Gasteiger charge is -2.23. The number of rotatable bonds is 7. The Bertz CT molecular complexity index is 659. The van der Waals surface area contributed by atoms with Gasteiger partial charge in [0.15, 0.2) is 5.96 Å². The van der Waals surface area contributed by atoms with Gasteiger partial charge in [-0.05, 0) is 52.7 Å². The van der Waals surface area contributed by atoms with Crippen LogP contribution in [0.2, 0.25) is 0 Å². The molecule has 0 aliphatic carbocycles. The lowest BCUT2D eigenvalue weighted by atomic mass is 10.1. The molecule has 7 heteroatoms. The summed E-state index contributed by atoms with van der Waals surface area (Å²) >= 11 is 0. The standard InChI is InChI=1S/C18H32N4O2S/c1-7-19-17(21-18(4,5)6)20-12-15-8-10-16(11-9-15)13-25(23,24)22-14(2)3/h8-11,14,22H,7,12-13H2,1-6H3,(H2,19,20,21). The second kappa shape index (κ2) is 9.20. The Labute approximate surface area is 152 Å². The lowest BCUT2D eigenvalue weighted by molar-refractivity contribution is 0.501. The number of guanidine groups is 1. The van der Waals surface area contributed by atoms with Gasteiger partial charge in [-0.2, -0.15) is 0 Å². The molecule has 0 bridgehead atoms. The predicted molar refractivity (Wildman–Crippen MR) is 105 cm³/mol. The molecule has 0 aromatic heterocycles. The predicted octanol–water partition coefficient (Wildman–Crippen LogP) is 2.37. The minimum Gasteiger partial charge on any atom is -0.357 e. The number of sulfonamides is 1. The van der Waals surface area contributed by atoms with Gasteiger partial charge < -0.3 is 10.6 Å². The van der Waals surface area contributed by atoms with Crippen LogP contribution >= 0.6 is 0 Å². The van der Waals surface area contributed by atoms with Crippen molar-refractivity contribution in [1.29, 1.82) is 0 Å². The van der Waals surface area contributed by atoms with Crippen molar-refractivity contribution in [1.82, 2.24) is 15.4 Å². The molecule has 1 aromatic carbocycles. The van der Waals surface area contributed by atoms with E-state index in [1.54, 1.807) is 0 Å². The fraction of sp³-hybridized carbons (Fsp3) is 0.611. The molecule has 0 aliphatic rings. The highest BCUT2D eigenvalue weighted by Crippen LogP contribution is 2.09. The number of nitrogens with zero attached hydrogens (tertiary/aromatic N) is 1. The van der Waals surface area contributed by atoms with Gasteiger partial charge in [-0.3, -0.25) is 0 Å². The van der Waals surface area contributed by atoms with Crippen LogP contribution in [0.15, 0.2) is 29.3 Å². The summed E-state index contributed by atoms with van der Waals surface area (Å²) in [5.74, 6) is 0.756. The maximum atomic E-state index is 12.0. The van der Waals surface area contributed by atoms with E-state index in [1.807, 2.05) is 45.0 Å². The van der Waals surface area contributed by atoms with E-state index in [0.29, 0.717) is 6.54 Å². The highest BCUT2D eigenvalue weighted by molar-refractivity contribution is 7.88. The van der Waals surface area contributed by atoms with E-state index < -0.39 is 10.0 Å². The van der Waals surface area contributed by atoms with Crippen molar-refractivity contribution in [2.24, 2.45) is 4.99 Å². The van der Waals surface area contributed by atoms with Gasteiger partial charge in [-0.1, -0.05) is 24.3 Å². The fourth-order valence-electron chi connectivity index (χ4n) is 2.19. The van der Waals surface area contributed by atoms with Crippen LogP contribution in [0.1, 0.15) is 52.7 Å². The highest BCUT2D eigenvalue weighted by Gasteiger charge is 2.13. The molecule has 0 unspecified atom stereocenters. The Kier molecular flexibility index (Phi) is 7.89. The first-order valence-corrected chi connectivity index (χ1v) is 10.3. The third-order valence-corrected chi connectivity index (χ3v) is 4.60. The molecular formula is C18H32N4O2S. The molecule has 0 spiro atoms. The number of benzene rings is 1. The van der Waals surface area contributed by atoms with Crippen molar-refractivity contribution >= 4 is 16.0 Å². The zero-order valence-corrected chi connectivity index (χ0v) is 17.0. The molecule has 0 fully saturated rings. The number of hydrogen-bond donors (Lipinski definition) is 3. The van der Waals surface area contributed by atoms with Crippen LogP contribution < -0.4 is 15.4 Å². The van der Waals surface area contributed by atoms with Crippen LogP contribution in [0.3, 0.4) is 0 Å². The van der Waals surface area contributed by atoms with E-state index in [0.717, 1.165) is 23.6 Å². The molecular weight excluding hydrogens is 336 g/mol. The molecule has 1 aromatic rings. The van der Waals surface area contributed by atoms with Gasteiger partial charge >= 0.3 is 0 Å². The van der Waals surface area contributed by atoms with Gasteiger partial charge in [0.2, 0.25) is 10.0 Å². The van der Waals surface area contributed by atoms with Crippen molar-refractivity contribution in [3.8, 4) is 0 Å². The van der Waals surface area contributed by atoms with Crippen LogP contribution in [-0.4, -0.2) is 32.5 Å². The Morgan fingerprint density at radius 1 is 1.12 bits per heavy atom. The van der Waals surface area contributed by atoms with Gasteiger partial charge in [0.05, 0.1) is 12.3 Å². The van der Waals surface area contributed by atoms with Crippen LogP contribution in [0.25, 0.3) is 0 Å². The average molecular weight is 369 g/mol. The third kappa shape index (κ3) is 9.45. The van der Waals surface area contributed by atoms with Crippen LogP contribution in [-0.2, 0) is 22.3 Å². The minimum absolute atomic E-state index is 0.0110. The smallest absolute Gasteiger partial charge is 0.216 e. The highest BCUT2D eigenvalue weighted by atomic mass is 32.2. The first-order chi connectivity index (χ1) is 11.5. The van der Waals surface area contributed by atoms with E-state index in [-0.39, 0.29) is 17.3 Å². The number of nitrogens with one attached hydrogen (secondary N) is 3. The average Bonchev–Trinajstić information content (AvgIpc) is 2.43. The van der Waals surface area contributed by atoms with Gasteiger partial charge in [0, 0.05) is 18.1 Å². The van der Waals surface area contributed by atoms with E-state index in [9.17, 15) is 8.42 Å². The van der Waals surface area contributed by atoms with E-state index >= 15 is 0 Å². The second-order valence-corrected chi connectivity index (χ2v) is 9.17. The van der Waals surface area contributed by atoms with Crippen molar-refractivity contribution in [2.75, 3.05) is 6.54 Å². The summed E-state index contributed by atoms with van der Waals surface area (Å²) in [6, 6.07) is 7.43. The van der Waals surface area contributed by atoms with Crippen LogP contribution in [0.5, 0.6) is 0 Å². The second-order valence-electron chi connectivity index (χ2n) is 7.42. The molecule has 142 valence electrons. The summed E-state index contributed by atoms with van der Waals surface area (Å²) in [7, 11) is -3.30. The summed E-state index contributed by atoms with van der Waals surface area (Å²) in [5, 5.41) is 6.56. The first-order valence-electron chi connectivity index (χ1n) is 8.65. The van der Waals surface area contributed by atoms with Crippen molar-refractivity contribution in [2.45, 2.75) is 65.4 Å². The summed E-state index contributed by atoms with van der Waals surface area (Å²) in [6.07, 6.45) is 0. The Morgan fingerprint density at radius 2 is 1.68 bits per heavy atom. The first kappa shape index (κ1) is 21.4. The van der Waals surface area contributed by atoms with Crippen LogP contribution in [0, 0.1) is 0 Å². The van der Waals surface area contributed by atoms with Gasteiger partial charge in [0.25, 0.3) is 0 Å². The summed E-state index contributed by atoms with van der Waals surface area (Å²) < 4.78 is 26.5. The van der Waals surface area contributed by atoms with Crippen molar-refractivity contribution < 1.29 is 8.42 Å². The lowest BCUT2D eigenvalue weighted by Crippen LogP contribution is -2.47. The Balaban J connectivity index is 2.74. The molecule has 0 aliphatic heterocycles. The minimum atomic E-state index is -3.30. The quantitative estimate of drug-likeness (QED) is 0.510. The maximum absolute atomic E-state index is 12.0. The normalized spacial score (nSPS) is 13.2. The fourth-order valence-corrected chi connectivity index (χ4v) is 3.63. The number of hydrogen-bond acceptors (Lipinski definition) is 3. The SMILES string of the molecule is CCNC(=NCc1ccc(CS(=O)(=O)NC(C)C)cc1)NC(C)(C)C. The zero-order chi connectivity index (χ0) is 19.1. The zero-order valence-electron chi connectivity index (χ0n) is 16.2. The van der Waals surface area contributed by atoms with Crippen LogP contribution in [0.4, 0.5) is 0 Å². The van der Waals surface area contributed by atoms with Gasteiger partial charge in [0.1, 0.15) is 0 Å². The van der Waals surface area contributed by atoms with E-state index in [4.69, 9.17) is 0 Å². The summed E-state index contributed by atoms with van der Waals surface area (Å²) in [4.78, 5) is 4.58. The van der Waals surface area contributed by atoms with E-state index in [2.05, 4.69) is 41.1 Å². The number of aliphatic imine (C=N–C) groups is 1. The van der Waals surface area contributed by atoms with Gasteiger partial charge in [-0.15, -0.1) is 0 Å². The monoisotopic (exact) mass is 368 g/mol. The molecule has 0 atom stereocenters. The summed E-state index contributed by atoms with van der Waals surface area (Å²) in [6.45, 7) is 13.2. The van der Waals surface area contributed by atoms with Gasteiger partial charge in [-0.25, -0.2) is 18.1 Å². The molecule has 0 saturated heterocycles. The molecule has 3 N–H and O–H groups in total.